The third kappa shape index (κ3) is 5.25. The van der Waals surface area contributed by atoms with Crippen molar-refractivity contribution in [2.24, 2.45) is 0 Å². The molecule has 2 aromatic heterocycles. The molecule has 2 aromatic carbocycles. The third-order valence-corrected chi connectivity index (χ3v) is 6.55. The van der Waals surface area contributed by atoms with Crippen molar-refractivity contribution in [3.05, 3.63) is 81.2 Å². The smallest absolute Gasteiger partial charge is 0.460 e. The Hall–Kier alpha value is -3.98. The molecule has 0 spiro atoms. The van der Waals surface area contributed by atoms with Crippen molar-refractivity contribution in [2.45, 2.75) is 33.2 Å². The minimum atomic E-state index is -0.683. The molecular formula is C26H25N3O5S. The maximum Gasteiger partial charge on any atom is 0.460 e. The van der Waals surface area contributed by atoms with Gasteiger partial charge in [-0.25, -0.2) is 9.59 Å². The number of aromatic nitrogens is 2. The van der Waals surface area contributed by atoms with Crippen molar-refractivity contribution in [1.82, 2.24) is 10.1 Å². The monoisotopic (exact) mass is 491 g/mol. The van der Waals surface area contributed by atoms with Crippen molar-refractivity contribution in [3.63, 3.8) is 0 Å². The second-order valence-corrected chi connectivity index (χ2v) is 9.21. The zero-order valence-electron chi connectivity index (χ0n) is 19.7. The highest BCUT2D eigenvalue weighted by Gasteiger charge is 2.25. The molecule has 0 saturated heterocycles. The number of thiophene rings is 1. The first-order chi connectivity index (χ1) is 16.9. The topological polar surface area (TPSA) is 106 Å². The second-order valence-electron chi connectivity index (χ2n) is 7.97. The molecule has 0 fully saturated rings. The average molecular weight is 492 g/mol. The molecule has 0 aliphatic carbocycles. The number of carbonyl (C=O) groups excluding carboxylic acids is 2. The van der Waals surface area contributed by atoms with Crippen LogP contribution in [0.4, 0.5) is 5.00 Å². The number of hydrogen-bond donors (Lipinski definition) is 1. The first-order valence-electron chi connectivity index (χ1n) is 11.1. The van der Waals surface area contributed by atoms with Gasteiger partial charge in [-0.2, -0.15) is 10.1 Å². The molecule has 0 saturated carbocycles. The van der Waals surface area contributed by atoms with Crippen LogP contribution in [0.25, 0.3) is 22.5 Å². The quantitative estimate of drug-likeness (QED) is 0.340. The van der Waals surface area contributed by atoms with Gasteiger partial charge in [0.05, 0.1) is 19.2 Å². The van der Waals surface area contributed by atoms with E-state index in [-0.39, 0.29) is 5.91 Å². The molecule has 4 rings (SSSR count). The van der Waals surface area contributed by atoms with E-state index in [0.29, 0.717) is 35.8 Å². The summed E-state index contributed by atoms with van der Waals surface area (Å²) >= 11 is 1.40. The summed E-state index contributed by atoms with van der Waals surface area (Å²) in [5, 5.41) is 3.15. The molecular weight excluding hydrogens is 466 g/mol. The predicted molar refractivity (Wildman–Crippen MR) is 134 cm³/mol. The van der Waals surface area contributed by atoms with E-state index in [2.05, 4.69) is 10.1 Å². The zero-order valence-corrected chi connectivity index (χ0v) is 20.5. The number of methoxy groups -OCH3 is 1. The van der Waals surface area contributed by atoms with Crippen LogP contribution in [0.3, 0.4) is 0 Å². The molecule has 8 nitrogen and oxygen atoms in total. The van der Waals surface area contributed by atoms with Crippen LogP contribution < -0.4 is 10.7 Å². The van der Waals surface area contributed by atoms with E-state index in [0.717, 1.165) is 27.1 Å². The van der Waals surface area contributed by atoms with E-state index < -0.39 is 11.7 Å². The van der Waals surface area contributed by atoms with Gasteiger partial charge in [0.1, 0.15) is 5.00 Å². The molecule has 0 unspecified atom stereocenters. The standard InChI is InChI=1S/C26H25N3O5S/c1-4-7-22(30)29(24-21(25(31)33-3)14-16(2)35-24)15-17-10-12-18(13-11-17)19-8-5-6-9-20(19)23-27-26(32)34-28-23/h5-6,8-14H,4,7,15H2,1-3H3,(H,27,28,32). The van der Waals surface area contributed by atoms with Gasteiger partial charge in [0, 0.05) is 16.9 Å². The van der Waals surface area contributed by atoms with E-state index in [1.54, 1.807) is 11.0 Å². The highest BCUT2D eigenvalue weighted by Crippen LogP contribution is 2.34. The first-order valence-corrected chi connectivity index (χ1v) is 12.0. The summed E-state index contributed by atoms with van der Waals surface area (Å²) in [7, 11) is 1.34. The van der Waals surface area contributed by atoms with Crippen molar-refractivity contribution in [1.29, 1.82) is 0 Å². The van der Waals surface area contributed by atoms with Crippen LogP contribution in [0, 0.1) is 6.92 Å². The number of esters is 1. The Morgan fingerprint density at radius 2 is 1.83 bits per heavy atom. The number of aryl methyl sites for hydroxylation is 1. The molecule has 1 N–H and O–H groups in total. The van der Waals surface area contributed by atoms with E-state index in [1.807, 2.05) is 62.4 Å². The lowest BCUT2D eigenvalue weighted by Crippen LogP contribution is -2.30. The zero-order chi connectivity index (χ0) is 24.9. The van der Waals surface area contributed by atoms with Gasteiger partial charge < -0.3 is 9.26 Å². The summed E-state index contributed by atoms with van der Waals surface area (Å²) in [6, 6.07) is 17.1. The van der Waals surface area contributed by atoms with Crippen molar-refractivity contribution >= 4 is 28.2 Å². The molecule has 0 atom stereocenters. The number of carbonyl (C=O) groups is 2. The first kappa shape index (κ1) is 24.2. The number of aromatic amines is 1. The highest BCUT2D eigenvalue weighted by molar-refractivity contribution is 7.16. The Bertz CT molecular complexity index is 1400. The lowest BCUT2D eigenvalue weighted by molar-refractivity contribution is -0.118. The van der Waals surface area contributed by atoms with Crippen LogP contribution >= 0.6 is 11.3 Å². The van der Waals surface area contributed by atoms with Crippen molar-refractivity contribution in [3.8, 4) is 22.5 Å². The van der Waals surface area contributed by atoms with E-state index in [1.165, 1.54) is 18.4 Å². The van der Waals surface area contributed by atoms with Crippen LogP contribution in [0.15, 0.2) is 63.9 Å². The summed E-state index contributed by atoms with van der Waals surface area (Å²) in [6.45, 7) is 4.17. The number of benzene rings is 2. The van der Waals surface area contributed by atoms with Crippen molar-refractivity contribution in [2.75, 3.05) is 12.0 Å². The maximum atomic E-state index is 13.0. The number of nitrogens with zero attached hydrogens (tertiary/aromatic N) is 2. The van der Waals surface area contributed by atoms with Crippen LogP contribution in [-0.2, 0) is 16.1 Å². The Kier molecular flexibility index (Phi) is 7.26. The Balaban J connectivity index is 1.66. The second kappa shape index (κ2) is 10.5. The normalized spacial score (nSPS) is 10.8. The summed E-state index contributed by atoms with van der Waals surface area (Å²) in [5.41, 5.74) is 3.84. The number of amides is 1. The molecule has 4 aromatic rings. The SMILES string of the molecule is CCCC(=O)N(Cc1ccc(-c2ccccc2-c2nc(=O)o[nH]2)cc1)c1sc(C)cc1C(=O)OC. The van der Waals surface area contributed by atoms with Gasteiger partial charge in [-0.3, -0.25) is 9.69 Å². The van der Waals surface area contributed by atoms with Gasteiger partial charge in [-0.05, 0) is 36.1 Å². The molecule has 0 aliphatic rings. The minimum Gasteiger partial charge on any atom is -0.465 e. The molecule has 1 amide bonds. The number of ether oxygens (including phenoxy) is 1. The molecule has 2 heterocycles. The van der Waals surface area contributed by atoms with Crippen LogP contribution in [0.5, 0.6) is 0 Å². The molecule has 0 aliphatic heterocycles. The van der Waals surface area contributed by atoms with Crippen LogP contribution in [0.1, 0.15) is 40.6 Å². The average Bonchev–Trinajstić information content (AvgIpc) is 3.48. The lowest BCUT2D eigenvalue weighted by atomic mass is 9.98. The predicted octanol–water partition coefficient (Wildman–Crippen LogP) is 5.19. The van der Waals surface area contributed by atoms with Gasteiger partial charge in [0.15, 0.2) is 5.82 Å². The summed E-state index contributed by atoms with van der Waals surface area (Å²) < 4.78 is 9.67. The molecule has 180 valence electrons. The summed E-state index contributed by atoms with van der Waals surface area (Å²) in [6.07, 6.45) is 1.08. The van der Waals surface area contributed by atoms with Crippen LogP contribution in [-0.4, -0.2) is 29.1 Å². The van der Waals surface area contributed by atoms with Gasteiger partial charge >= 0.3 is 11.7 Å². The number of nitrogens with one attached hydrogen (secondary N) is 1. The lowest BCUT2D eigenvalue weighted by Gasteiger charge is -2.22. The van der Waals surface area contributed by atoms with Crippen molar-refractivity contribution < 1.29 is 18.8 Å². The summed E-state index contributed by atoms with van der Waals surface area (Å²) in [4.78, 5) is 43.2. The molecule has 0 bridgehead atoms. The third-order valence-electron chi connectivity index (χ3n) is 5.48. The Morgan fingerprint density at radius 1 is 1.11 bits per heavy atom. The molecule has 35 heavy (non-hydrogen) atoms. The van der Waals surface area contributed by atoms with E-state index >= 15 is 0 Å². The number of H-pyrrole nitrogens is 1. The number of anilines is 1. The molecule has 9 heteroatoms. The maximum absolute atomic E-state index is 13.0. The van der Waals surface area contributed by atoms with Gasteiger partial charge in [0.2, 0.25) is 5.91 Å². The fraction of sp³-hybridized carbons (Fsp3) is 0.231. The Morgan fingerprint density at radius 3 is 2.46 bits per heavy atom. The molecule has 0 radical (unpaired) electrons. The largest absolute Gasteiger partial charge is 0.465 e. The van der Waals surface area contributed by atoms with Gasteiger partial charge in [-0.15, -0.1) is 11.3 Å². The number of rotatable bonds is 8. The van der Waals surface area contributed by atoms with E-state index in [4.69, 9.17) is 9.26 Å². The van der Waals surface area contributed by atoms with Gasteiger partial charge in [0.25, 0.3) is 0 Å². The minimum absolute atomic E-state index is 0.0519. The fourth-order valence-corrected chi connectivity index (χ4v) is 4.85. The Labute approximate surface area is 206 Å². The number of hydrogen-bond acceptors (Lipinski definition) is 7. The summed E-state index contributed by atoms with van der Waals surface area (Å²) in [5.74, 6) is -0.841. The highest BCUT2D eigenvalue weighted by atomic mass is 32.1. The van der Waals surface area contributed by atoms with Crippen LogP contribution in [0.2, 0.25) is 0 Å². The van der Waals surface area contributed by atoms with Gasteiger partial charge in [-0.1, -0.05) is 55.5 Å². The fourth-order valence-electron chi connectivity index (χ4n) is 3.84. The van der Waals surface area contributed by atoms with E-state index in [9.17, 15) is 14.4 Å².